The fourth-order valence-corrected chi connectivity index (χ4v) is 4.26. The van der Waals surface area contributed by atoms with E-state index in [1.54, 1.807) is 0 Å². The lowest BCUT2D eigenvalue weighted by Gasteiger charge is -2.54. The van der Waals surface area contributed by atoms with Crippen LogP contribution in [-0.2, 0) is 0 Å². The lowest BCUT2D eigenvalue weighted by atomic mass is 9.82. The molecule has 2 nitrogen and oxygen atoms in total. The van der Waals surface area contributed by atoms with Gasteiger partial charge < -0.3 is 5.32 Å². The van der Waals surface area contributed by atoms with Gasteiger partial charge in [0.05, 0.1) is 0 Å². The highest BCUT2D eigenvalue weighted by molar-refractivity contribution is 5.06. The fourth-order valence-electron chi connectivity index (χ4n) is 4.26. The summed E-state index contributed by atoms with van der Waals surface area (Å²) < 4.78 is 0. The van der Waals surface area contributed by atoms with Crippen molar-refractivity contribution in [3.8, 4) is 0 Å². The SMILES string of the molecule is CCCCCN1CC2(CCCC2)NCC1(CC)CC. The average Bonchev–Trinajstić information content (AvgIpc) is 2.89. The smallest absolute Gasteiger partial charge is 0.0329 e. The summed E-state index contributed by atoms with van der Waals surface area (Å²) in [5.74, 6) is 0. The molecule has 0 unspecified atom stereocenters. The lowest BCUT2D eigenvalue weighted by molar-refractivity contribution is -0.00112. The lowest BCUT2D eigenvalue weighted by Crippen LogP contribution is -2.69. The number of nitrogens with zero attached hydrogens (tertiary/aromatic N) is 1. The molecule has 0 bridgehead atoms. The maximum absolute atomic E-state index is 3.97. The highest BCUT2D eigenvalue weighted by Gasteiger charge is 2.46. The summed E-state index contributed by atoms with van der Waals surface area (Å²) in [6.07, 6.45) is 12.4. The van der Waals surface area contributed by atoms with Crippen LogP contribution >= 0.6 is 0 Å². The highest BCUT2D eigenvalue weighted by atomic mass is 15.3. The minimum atomic E-state index is 0.432. The quantitative estimate of drug-likeness (QED) is 0.732. The fraction of sp³-hybridized carbons (Fsp3) is 1.00. The number of hydrogen-bond donors (Lipinski definition) is 1. The second-order valence-electron chi connectivity index (χ2n) is 6.90. The molecule has 2 aliphatic rings. The number of hydrogen-bond acceptors (Lipinski definition) is 2. The standard InChI is InChI=1S/C17H34N2/c1-4-7-10-13-19-15-16(11-8-9-12-16)18-14-17(19,5-2)6-3/h18H,4-15H2,1-3H3. The van der Waals surface area contributed by atoms with Crippen LogP contribution in [0.25, 0.3) is 0 Å². The second-order valence-corrected chi connectivity index (χ2v) is 6.90. The van der Waals surface area contributed by atoms with Crippen LogP contribution in [0, 0.1) is 0 Å². The zero-order valence-corrected chi connectivity index (χ0v) is 13.4. The van der Waals surface area contributed by atoms with E-state index in [1.165, 1.54) is 77.4 Å². The minimum absolute atomic E-state index is 0.432. The average molecular weight is 266 g/mol. The molecule has 0 aromatic carbocycles. The molecule has 0 aromatic heterocycles. The number of piperazine rings is 1. The van der Waals surface area contributed by atoms with Crippen LogP contribution in [0.1, 0.15) is 78.6 Å². The summed E-state index contributed by atoms with van der Waals surface area (Å²) >= 11 is 0. The normalized spacial score (nSPS) is 26.1. The summed E-state index contributed by atoms with van der Waals surface area (Å²) in [6.45, 7) is 10.9. The first kappa shape index (κ1) is 15.3. The van der Waals surface area contributed by atoms with Crippen molar-refractivity contribution in [2.45, 2.75) is 89.6 Å². The Bertz CT molecular complexity index is 264. The van der Waals surface area contributed by atoms with Crippen molar-refractivity contribution in [1.29, 1.82) is 0 Å². The van der Waals surface area contributed by atoms with Gasteiger partial charge in [0, 0.05) is 24.2 Å². The first-order chi connectivity index (χ1) is 9.20. The van der Waals surface area contributed by atoms with Gasteiger partial charge in [-0.05, 0) is 38.6 Å². The first-order valence-electron chi connectivity index (χ1n) is 8.70. The van der Waals surface area contributed by atoms with Gasteiger partial charge in [0.1, 0.15) is 0 Å². The molecule has 2 fully saturated rings. The largest absolute Gasteiger partial charge is 0.308 e. The molecule has 112 valence electrons. The van der Waals surface area contributed by atoms with Gasteiger partial charge in [-0.1, -0.05) is 46.5 Å². The Kier molecular flexibility index (Phi) is 5.30. The van der Waals surface area contributed by atoms with Gasteiger partial charge in [-0.2, -0.15) is 0 Å². The Morgan fingerprint density at radius 3 is 2.26 bits per heavy atom. The van der Waals surface area contributed by atoms with E-state index in [1.807, 2.05) is 0 Å². The number of rotatable bonds is 6. The van der Waals surface area contributed by atoms with E-state index in [2.05, 4.69) is 31.0 Å². The van der Waals surface area contributed by atoms with Gasteiger partial charge >= 0.3 is 0 Å². The molecule has 1 saturated heterocycles. The third-order valence-electron chi connectivity index (χ3n) is 5.87. The number of nitrogens with one attached hydrogen (secondary N) is 1. The summed E-state index contributed by atoms with van der Waals surface area (Å²) in [4.78, 5) is 2.87. The molecule has 1 saturated carbocycles. The van der Waals surface area contributed by atoms with Crippen molar-refractivity contribution in [1.82, 2.24) is 10.2 Å². The molecule has 1 aliphatic carbocycles. The van der Waals surface area contributed by atoms with Crippen molar-refractivity contribution in [3.05, 3.63) is 0 Å². The van der Waals surface area contributed by atoms with Crippen molar-refractivity contribution >= 4 is 0 Å². The van der Waals surface area contributed by atoms with E-state index in [0.29, 0.717) is 11.1 Å². The predicted molar refractivity (Wildman–Crippen MR) is 83.6 cm³/mol. The van der Waals surface area contributed by atoms with Crippen molar-refractivity contribution in [2.24, 2.45) is 0 Å². The molecule has 1 spiro atoms. The van der Waals surface area contributed by atoms with Crippen LogP contribution < -0.4 is 5.32 Å². The van der Waals surface area contributed by atoms with Gasteiger partial charge in [0.2, 0.25) is 0 Å². The summed E-state index contributed by atoms with van der Waals surface area (Å²) in [5, 5.41) is 3.97. The molecule has 1 heterocycles. The molecule has 0 atom stereocenters. The molecular formula is C17H34N2. The zero-order valence-electron chi connectivity index (χ0n) is 13.4. The van der Waals surface area contributed by atoms with E-state index in [-0.39, 0.29) is 0 Å². The molecule has 0 radical (unpaired) electrons. The van der Waals surface area contributed by atoms with E-state index >= 15 is 0 Å². The predicted octanol–water partition coefficient (Wildman–Crippen LogP) is 3.95. The minimum Gasteiger partial charge on any atom is -0.308 e. The van der Waals surface area contributed by atoms with Gasteiger partial charge in [0.15, 0.2) is 0 Å². The van der Waals surface area contributed by atoms with Crippen molar-refractivity contribution < 1.29 is 0 Å². The van der Waals surface area contributed by atoms with Crippen LogP contribution in [0.4, 0.5) is 0 Å². The van der Waals surface area contributed by atoms with Crippen LogP contribution in [0.5, 0.6) is 0 Å². The maximum Gasteiger partial charge on any atom is 0.0329 e. The Morgan fingerprint density at radius 1 is 1.00 bits per heavy atom. The van der Waals surface area contributed by atoms with Gasteiger partial charge in [-0.3, -0.25) is 4.90 Å². The Hall–Kier alpha value is -0.0800. The number of unbranched alkanes of at least 4 members (excludes halogenated alkanes) is 2. The van der Waals surface area contributed by atoms with Crippen LogP contribution in [0.3, 0.4) is 0 Å². The summed E-state index contributed by atoms with van der Waals surface area (Å²) in [7, 11) is 0. The van der Waals surface area contributed by atoms with Crippen LogP contribution in [-0.4, -0.2) is 35.6 Å². The van der Waals surface area contributed by atoms with Gasteiger partial charge in [-0.25, -0.2) is 0 Å². The van der Waals surface area contributed by atoms with Crippen LogP contribution in [0.15, 0.2) is 0 Å². The summed E-state index contributed by atoms with van der Waals surface area (Å²) in [6, 6.07) is 0. The third-order valence-corrected chi connectivity index (χ3v) is 5.87. The van der Waals surface area contributed by atoms with Gasteiger partial charge in [-0.15, -0.1) is 0 Å². The molecule has 1 aliphatic heterocycles. The topological polar surface area (TPSA) is 15.3 Å². The first-order valence-corrected chi connectivity index (χ1v) is 8.70. The maximum atomic E-state index is 3.97. The Morgan fingerprint density at radius 2 is 1.68 bits per heavy atom. The molecule has 0 amide bonds. The van der Waals surface area contributed by atoms with E-state index in [9.17, 15) is 0 Å². The monoisotopic (exact) mass is 266 g/mol. The molecule has 2 heteroatoms. The van der Waals surface area contributed by atoms with E-state index in [0.717, 1.165) is 0 Å². The molecule has 19 heavy (non-hydrogen) atoms. The van der Waals surface area contributed by atoms with E-state index in [4.69, 9.17) is 0 Å². The second kappa shape index (κ2) is 6.58. The molecule has 1 N–H and O–H groups in total. The third kappa shape index (κ3) is 3.16. The van der Waals surface area contributed by atoms with Crippen molar-refractivity contribution in [2.75, 3.05) is 19.6 Å². The Balaban J connectivity index is 2.04. The molecular weight excluding hydrogens is 232 g/mol. The molecule has 0 aromatic rings. The highest BCUT2D eigenvalue weighted by Crippen LogP contribution is 2.38. The van der Waals surface area contributed by atoms with Crippen molar-refractivity contribution in [3.63, 3.8) is 0 Å². The van der Waals surface area contributed by atoms with Crippen LogP contribution in [0.2, 0.25) is 0 Å². The van der Waals surface area contributed by atoms with Gasteiger partial charge in [0.25, 0.3) is 0 Å². The Labute approximate surface area is 120 Å². The zero-order chi connectivity index (χ0) is 13.8. The summed E-state index contributed by atoms with van der Waals surface area (Å²) in [5.41, 5.74) is 0.904. The van der Waals surface area contributed by atoms with E-state index < -0.39 is 0 Å². The molecule has 2 rings (SSSR count).